The van der Waals surface area contributed by atoms with E-state index < -0.39 is 10.4 Å². The Hall–Kier alpha value is -1.41. The zero-order valence-corrected chi connectivity index (χ0v) is 13.9. The van der Waals surface area contributed by atoms with Gasteiger partial charge in [-0.1, -0.05) is 0 Å². The van der Waals surface area contributed by atoms with Gasteiger partial charge in [0.05, 0.1) is 12.7 Å². The fraction of sp³-hybridized carbons (Fsp3) is 0. The van der Waals surface area contributed by atoms with Crippen LogP contribution in [0.4, 0.5) is 0 Å². The van der Waals surface area contributed by atoms with E-state index in [4.69, 9.17) is 17.5 Å². The van der Waals surface area contributed by atoms with Gasteiger partial charge in [-0.05, 0) is 31.9 Å². The van der Waals surface area contributed by atoms with Crippen LogP contribution in [0.3, 0.4) is 0 Å². The summed E-state index contributed by atoms with van der Waals surface area (Å²) in [5.74, 6) is 0. The fourth-order valence-corrected chi connectivity index (χ4v) is 1.12. The molecule has 0 spiro atoms. The molecule has 0 unspecified atom stereocenters. The molecule has 0 aliphatic carbocycles. The standard InChI is InChI=1S/2C4H3BrN2O.H2O4S/c2*5-3-1-6-2-7-4(3)8;1-5(2,3)4/h2*1-2H,(H,6,7,8);(H2,1,2,3,4). The van der Waals surface area contributed by atoms with Crippen LogP contribution < -0.4 is 11.1 Å². The molecule has 116 valence electrons. The zero-order valence-electron chi connectivity index (χ0n) is 9.90. The van der Waals surface area contributed by atoms with Gasteiger partial charge in [-0.2, -0.15) is 8.42 Å². The third kappa shape index (κ3) is 12.1. The highest BCUT2D eigenvalue weighted by Crippen LogP contribution is 1.95. The minimum Gasteiger partial charge on any atom is -0.312 e. The van der Waals surface area contributed by atoms with Crippen molar-refractivity contribution in [3.63, 3.8) is 0 Å². The summed E-state index contributed by atoms with van der Waals surface area (Å²) in [7, 11) is -4.67. The molecule has 13 heteroatoms. The maximum atomic E-state index is 10.5. The summed E-state index contributed by atoms with van der Waals surface area (Å²) < 4.78 is 32.5. The minimum absolute atomic E-state index is 0.153. The first-order valence-corrected chi connectivity index (χ1v) is 7.66. The maximum absolute atomic E-state index is 10.5. The number of nitrogens with one attached hydrogen (secondary N) is 2. The lowest BCUT2D eigenvalue weighted by Crippen LogP contribution is -2.04. The van der Waals surface area contributed by atoms with E-state index in [1.165, 1.54) is 25.0 Å². The van der Waals surface area contributed by atoms with E-state index in [-0.39, 0.29) is 11.1 Å². The Morgan fingerprint density at radius 1 is 0.905 bits per heavy atom. The lowest BCUT2D eigenvalue weighted by molar-refractivity contribution is 0.381. The topological polar surface area (TPSA) is 166 Å². The first kappa shape index (κ1) is 19.6. The summed E-state index contributed by atoms with van der Waals surface area (Å²) in [4.78, 5) is 33.0. The Bertz CT molecular complexity index is 715. The Kier molecular flexibility index (Phi) is 8.87. The summed E-state index contributed by atoms with van der Waals surface area (Å²) in [6.07, 6.45) is 5.57. The number of hydrogen-bond donors (Lipinski definition) is 4. The average molecular weight is 448 g/mol. The highest BCUT2D eigenvalue weighted by Gasteiger charge is 1.88. The van der Waals surface area contributed by atoms with Crippen LogP contribution in [0.25, 0.3) is 0 Å². The SMILES string of the molecule is O=S(=O)(O)O.O=c1[nH]cncc1Br.O=c1[nH]cncc1Br. The number of aromatic nitrogens is 4. The second-order valence-corrected chi connectivity index (χ2v) is 5.51. The van der Waals surface area contributed by atoms with Gasteiger partial charge in [0.1, 0.15) is 8.95 Å². The van der Waals surface area contributed by atoms with E-state index in [9.17, 15) is 9.59 Å². The number of nitrogens with zero attached hydrogens (tertiary/aromatic N) is 2. The Morgan fingerprint density at radius 2 is 1.19 bits per heavy atom. The van der Waals surface area contributed by atoms with Crippen LogP contribution >= 0.6 is 31.9 Å². The normalized spacial score (nSPS) is 9.71. The first-order chi connectivity index (χ1) is 9.61. The van der Waals surface area contributed by atoms with Crippen LogP contribution in [0, 0.1) is 0 Å². The van der Waals surface area contributed by atoms with Crippen molar-refractivity contribution in [2.24, 2.45) is 0 Å². The van der Waals surface area contributed by atoms with Gasteiger partial charge in [0.2, 0.25) is 0 Å². The molecular formula is C8H8Br2N4O6S. The number of rotatable bonds is 0. The molecule has 0 amide bonds. The molecule has 0 fully saturated rings. The molecule has 4 N–H and O–H groups in total. The van der Waals surface area contributed by atoms with Gasteiger partial charge in [0, 0.05) is 12.4 Å². The molecule has 0 aliphatic heterocycles. The van der Waals surface area contributed by atoms with Crippen LogP contribution in [0.1, 0.15) is 0 Å². The van der Waals surface area contributed by atoms with Gasteiger partial charge < -0.3 is 9.97 Å². The molecule has 21 heavy (non-hydrogen) atoms. The van der Waals surface area contributed by atoms with E-state index in [2.05, 4.69) is 51.8 Å². The third-order valence-corrected chi connectivity index (χ3v) is 2.48. The largest absolute Gasteiger partial charge is 0.394 e. The zero-order chi connectivity index (χ0) is 16.5. The number of hydrogen-bond acceptors (Lipinski definition) is 6. The monoisotopic (exact) mass is 446 g/mol. The van der Waals surface area contributed by atoms with Crippen molar-refractivity contribution >= 4 is 42.3 Å². The number of aromatic amines is 2. The number of H-pyrrole nitrogens is 2. The molecule has 0 aromatic carbocycles. The lowest BCUT2D eigenvalue weighted by Gasteiger charge is -1.81. The lowest BCUT2D eigenvalue weighted by atomic mass is 10.7. The van der Waals surface area contributed by atoms with Crippen molar-refractivity contribution in [3.8, 4) is 0 Å². The van der Waals surface area contributed by atoms with Gasteiger partial charge in [-0.3, -0.25) is 18.7 Å². The van der Waals surface area contributed by atoms with Gasteiger partial charge in [-0.25, -0.2) is 9.97 Å². The third-order valence-electron chi connectivity index (χ3n) is 1.35. The van der Waals surface area contributed by atoms with Crippen molar-refractivity contribution in [2.45, 2.75) is 0 Å². The molecule has 2 heterocycles. The molecule has 0 aliphatic rings. The molecule has 2 aromatic rings. The van der Waals surface area contributed by atoms with Crippen molar-refractivity contribution < 1.29 is 17.5 Å². The van der Waals surface area contributed by atoms with Crippen molar-refractivity contribution in [1.29, 1.82) is 0 Å². The molecule has 10 nitrogen and oxygen atoms in total. The van der Waals surface area contributed by atoms with Crippen LogP contribution in [-0.2, 0) is 10.4 Å². The van der Waals surface area contributed by atoms with E-state index >= 15 is 0 Å². The molecule has 2 rings (SSSR count). The summed E-state index contributed by atoms with van der Waals surface area (Å²) in [6.45, 7) is 0. The summed E-state index contributed by atoms with van der Waals surface area (Å²) in [6, 6.07) is 0. The number of halogens is 2. The van der Waals surface area contributed by atoms with E-state index in [1.54, 1.807) is 0 Å². The van der Waals surface area contributed by atoms with Crippen LogP contribution in [0.15, 0.2) is 43.6 Å². The minimum atomic E-state index is -4.67. The van der Waals surface area contributed by atoms with Gasteiger partial charge in [-0.15, -0.1) is 0 Å². The summed E-state index contributed by atoms with van der Waals surface area (Å²) in [5, 5.41) is 0. The smallest absolute Gasteiger partial charge is 0.312 e. The molecule has 0 bridgehead atoms. The van der Waals surface area contributed by atoms with Gasteiger partial charge in [0.25, 0.3) is 11.1 Å². The van der Waals surface area contributed by atoms with Gasteiger partial charge >= 0.3 is 10.4 Å². The summed E-state index contributed by atoms with van der Waals surface area (Å²) in [5.41, 5.74) is -0.306. The fourth-order valence-electron chi connectivity index (χ4n) is 0.652. The van der Waals surface area contributed by atoms with Crippen molar-refractivity contribution in [1.82, 2.24) is 19.9 Å². The Labute approximate surface area is 134 Å². The maximum Gasteiger partial charge on any atom is 0.394 e. The Balaban J connectivity index is 0.000000296. The summed E-state index contributed by atoms with van der Waals surface area (Å²) >= 11 is 5.98. The second kappa shape index (κ2) is 9.51. The Morgan fingerprint density at radius 3 is 1.33 bits per heavy atom. The van der Waals surface area contributed by atoms with Crippen molar-refractivity contribution in [2.75, 3.05) is 0 Å². The molecule has 0 radical (unpaired) electrons. The van der Waals surface area contributed by atoms with E-state index in [0.717, 1.165) is 0 Å². The van der Waals surface area contributed by atoms with Crippen molar-refractivity contribution in [3.05, 3.63) is 54.7 Å². The highest BCUT2D eigenvalue weighted by atomic mass is 79.9. The average Bonchev–Trinajstić information content (AvgIpc) is 2.35. The van der Waals surface area contributed by atoms with E-state index in [0.29, 0.717) is 8.95 Å². The predicted molar refractivity (Wildman–Crippen MR) is 79.3 cm³/mol. The van der Waals surface area contributed by atoms with Crippen LogP contribution in [0.5, 0.6) is 0 Å². The quantitative estimate of drug-likeness (QED) is 0.421. The molecule has 0 saturated carbocycles. The van der Waals surface area contributed by atoms with Crippen LogP contribution in [0.2, 0.25) is 0 Å². The molecule has 0 atom stereocenters. The van der Waals surface area contributed by atoms with Crippen LogP contribution in [-0.4, -0.2) is 37.5 Å². The molecule has 2 aromatic heterocycles. The second-order valence-electron chi connectivity index (χ2n) is 2.91. The highest BCUT2D eigenvalue weighted by molar-refractivity contribution is 9.10. The predicted octanol–water partition coefficient (Wildman–Crippen LogP) is 0.412. The molecular weight excluding hydrogens is 440 g/mol. The first-order valence-electron chi connectivity index (χ1n) is 4.67. The molecule has 0 saturated heterocycles. The van der Waals surface area contributed by atoms with E-state index in [1.807, 2.05) is 0 Å². The van der Waals surface area contributed by atoms with Gasteiger partial charge in [0.15, 0.2) is 0 Å².